The molecule has 0 saturated heterocycles. The molecule has 16 heavy (non-hydrogen) atoms. The van der Waals surface area contributed by atoms with Crippen molar-refractivity contribution < 1.29 is 14.3 Å². The van der Waals surface area contributed by atoms with E-state index in [4.69, 9.17) is 11.6 Å². The van der Waals surface area contributed by atoms with Gasteiger partial charge >= 0.3 is 5.97 Å². The predicted molar refractivity (Wildman–Crippen MR) is 60.1 cm³/mol. The minimum Gasteiger partial charge on any atom is -0.464 e. The number of rotatable bonds is 4. The lowest BCUT2D eigenvalue weighted by molar-refractivity contribution is 0.0595. The second kappa shape index (κ2) is 5.46. The molecule has 0 fully saturated rings. The van der Waals surface area contributed by atoms with E-state index in [1.54, 1.807) is 0 Å². The van der Waals surface area contributed by atoms with E-state index in [9.17, 15) is 9.59 Å². The van der Waals surface area contributed by atoms with Gasteiger partial charge in [0, 0.05) is 12.1 Å². The molecule has 0 aliphatic rings. The van der Waals surface area contributed by atoms with Gasteiger partial charge in [0.05, 0.1) is 12.8 Å². The molecule has 0 amide bonds. The molecule has 0 saturated carbocycles. The first-order chi connectivity index (χ1) is 7.63. The van der Waals surface area contributed by atoms with Crippen LogP contribution in [0.4, 0.5) is 5.69 Å². The van der Waals surface area contributed by atoms with E-state index in [1.807, 2.05) is 6.92 Å². The highest BCUT2D eigenvalue weighted by atomic mass is 35.5. The summed E-state index contributed by atoms with van der Waals surface area (Å²) in [7, 11) is 1.24. The van der Waals surface area contributed by atoms with Crippen molar-refractivity contribution in [2.24, 2.45) is 0 Å². The van der Waals surface area contributed by atoms with Crippen LogP contribution in [0.1, 0.15) is 27.8 Å². The van der Waals surface area contributed by atoms with Gasteiger partial charge < -0.3 is 10.1 Å². The number of hydrogen-bond acceptors (Lipinski definition) is 5. The molecule has 0 atom stereocenters. The number of carbonyl (C=O) groups excluding carboxylic acids is 2. The highest BCUT2D eigenvalue weighted by molar-refractivity contribution is 6.30. The number of halogens is 1. The Morgan fingerprint density at radius 2 is 2.38 bits per heavy atom. The van der Waals surface area contributed by atoms with E-state index in [0.717, 1.165) is 0 Å². The monoisotopic (exact) mass is 242 g/mol. The molecule has 5 nitrogen and oxygen atoms in total. The third-order valence-corrected chi connectivity index (χ3v) is 2.07. The zero-order chi connectivity index (χ0) is 12.1. The van der Waals surface area contributed by atoms with Crippen LogP contribution in [0.15, 0.2) is 6.07 Å². The Morgan fingerprint density at radius 3 is 2.88 bits per heavy atom. The Labute approximate surface area is 97.8 Å². The topological polar surface area (TPSA) is 68.3 Å². The van der Waals surface area contributed by atoms with E-state index in [0.29, 0.717) is 18.5 Å². The van der Waals surface area contributed by atoms with Gasteiger partial charge in [-0.3, -0.25) is 4.79 Å². The lowest BCUT2D eigenvalue weighted by atomic mass is 10.2. The van der Waals surface area contributed by atoms with Gasteiger partial charge in [0.1, 0.15) is 5.15 Å². The molecule has 0 spiro atoms. The average Bonchev–Trinajstić information content (AvgIpc) is 2.29. The molecule has 86 valence electrons. The maximum atomic E-state index is 11.4. The highest BCUT2D eigenvalue weighted by Crippen LogP contribution is 2.22. The number of hydrogen-bond donors (Lipinski definition) is 1. The number of aromatic nitrogens is 1. The summed E-state index contributed by atoms with van der Waals surface area (Å²) in [5.74, 6) is -0.637. The van der Waals surface area contributed by atoms with Gasteiger partial charge in [0.15, 0.2) is 12.0 Å². The maximum Gasteiger partial charge on any atom is 0.358 e. The number of nitrogens with zero attached hydrogens (tertiary/aromatic N) is 1. The van der Waals surface area contributed by atoms with Crippen LogP contribution in [0.3, 0.4) is 0 Å². The average molecular weight is 243 g/mol. The standard InChI is InChI=1S/C10H11ClN2O3/c1-3-12-8-6(5-14)4-7(11)13-9(8)10(15)16-2/h4-5,12H,3H2,1-2H3. The van der Waals surface area contributed by atoms with Crippen molar-refractivity contribution in [1.82, 2.24) is 4.98 Å². The summed E-state index contributed by atoms with van der Waals surface area (Å²) in [5, 5.41) is 2.96. The van der Waals surface area contributed by atoms with E-state index >= 15 is 0 Å². The first-order valence-electron chi connectivity index (χ1n) is 4.62. The Hall–Kier alpha value is -1.62. The van der Waals surface area contributed by atoms with Gasteiger partial charge in [-0.05, 0) is 13.0 Å². The lowest BCUT2D eigenvalue weighted by Crippen LogP contribution is -2.12. The smallest absolute Gasteiger partial charge is 0.358 e. The molecule has 0 aromatic carbocycles. The van der Waals surface area contributed by atoms with E-state index in [2.05, 4.69) is 15.0 Å². The summed E-state index contributed by atoms with van der Waals surface area (Å²) in [5.41, 5.74) is 0.634. The first kappa shape index (κ1) is 12.4. The number of anilines is 1. The van der Waals surface area contributed by atoms with Crippen molar-refractivity contribution in [3.8, 4) is 0 Å². The third kappa shape index (κ3) is 2.49. The molecule has 1 aromatic heterocycles. The second-order valence-corrected chi connectivity index (χ2v) is 3.28. The molecule has 1 heterocycles. The zero-order valence-electron chi connectivity index (χ0n) is 8.91. The van der Waals surface area contributed by atoms with Crippen LogP contribution in [-0.4, -0.2) is 30.9 Å². The van der Waals surface area contributed by atoms with Crippen LogP contribution in [0.25, 0.3) is 0 Å². The second-order valence-electron chi connectivity index (χ2n) is 2.90. The molecule has 1 N–H and O–H groups in total. The van der Waals surface area contributed by atoms with Crippen LogP contribution in [0.2, 0.25) is 5.15 Å². The Balaban J connectivity index is 3.37. The van der Waals surface area contributed by atoms with Crippen molar-refractivity contribution in [3.63, 3.8) is 0 Å². The minimum absolute atomic E-state index is 0.0129. The van der Waals surface area contributed by atoms with Crippen LogP contribution in [0, 0.1) is 0 Å². The Morgan fingerprint density at radius 1 is 1.69 bits per heavy atom. The minimum atomic E-state index is -0.637. The van der Waals surface area contributed by atoms with Gasteiger partial charge in [-0.25, -0.2) is 9.78 Å². The van der Waals surface area contributed by atoms with Crippen molar-refractivity contribution >= 4 is 29.5 Å². The summed E-state index contributed by atoms with van der Waals surface area (Å²) < 4.78 is 4.56. The summed E-state index contributed by atoms with van der Waals surface area (Å²) in [6.07, 6.45) is 0.609. The maximum absolute atomic E-state index is 11.4. The molecule has 0 bridgehead atoms. The molecule has 1 rings (SSSR count). The van der Waals surface area contributed by atoms with Gasteiger partial charge in [0.25, 0.3) is 0 Å². The van der Waals surface area contributed by atoms with Gasteiger partial charge in [-0.15, -0.1) is 0 Å². The van der Waals surface area contributed by atoms with Crippen molar-refractivity contribution in [2.45, 2.75) is 6.92 Å². The van der Waals surface area contributed by atoms with Gasteiger partial charge in [-0.1, -0.05) is 11.6 Å². The molecule has 0 unspecified atom stereocenters. The van der Waals surface area contributed by atoms with E-state index in [-0.39, 0.29) is 16.4 Å². The first-order valence-corrected chi connectivity index (χ1v) is 4.99. The normalized spacial score (nSPS) is 9.69. The molecule has 1 aromatic rings. The SMILES string of the molecule is CCNc1c(C=O)cc(Cl)nc1C(=O)OC. The van der Waals surface area contributed by atoms with Crippen molar-refractivity contribution in [1.29, 1.82) is 0 Å². The zero-order valence-corrected chi connectivity index (χ0v) is 9.67. The fourth-order valence-corrected chi connectivity index (χ4v) is 1.43. The largest absolute Gasteiger partial charge is 0.464 e. The molecular weight excluding hydrogens is 232 g/mol. The fourth-order valence-electron chi connectivity index (χ4n) is 1.23. The number of ether oxygens (including phenoxy) is 1. The molecule has 0 aliphatic carbocycles. The number of methoxy groups -OCH3 is 1. The predicted octanol–water partition coefficient (Wildman–Crippen LogP) is 1.77. The Bertz CT molecular complexity index is 421. The summed E-state index contributed by atoms with van der Waals surface area (Å²) in [4.78, 5) is 26.1. The highest BCUT2D eigenvalue weighted by Gasteiger charge is 2.18. The fraction of sp³-hybridized carbons (Fsp3) is 0.300. The molecular formula is C10H11ClN2O3. The lowest BCUT2D eigenvalue weighted by Gasteiger charge is -2.10. The summed E-state index contributed by atoms with van der Waals surface area (Å²) in [6, 6.07) is 1.39. The molecule has 6 heteroatoms. The van der Waals surface area contributed by atoms with Crippen LogP contribution >= 0.6 is 11.6 Å². The quantitative estimate of drug-likeness (QED) is 0.495. The van der Waals surface area contributed by atoms with E-state index in [1.165, 1.54) is 13.2 Å². The molecule has 0 aliphatic heterocycles. The van der Waals surface area contributed by atoms with Gasteiger partial charge in [-0.2, -0.15) is 0 Å². The number of pyridine rings is 1. The number of aldehydes is 1. The number of carbonyl (C=O) groups is 2. The van der Waals surface area contributed by atoms with Crippen molar-refractivity contribution in [2.75, 3.05) is 19.0 Å². The van der Waals surface area contributed by atoms with Crippen LogP contribution < -0.4 is 5.32 Å². The van der Waals surface area contributed by atoms with Gasteiger partial charge in [0.2, 0.25) is 0 Å². The third-order valence-electron chi connectivity index (χ3n) is 1.88. The van der Waals surface area contributed by atoms with Crippen molar-refractivity contribution in [3.05, 3.63) is 22.5 Å². The number of esters is 1. The number of nitrogens with one attached hydrogen (secondary N) is 1. The van der Waals surface area contributed by atoms with Crippen LogP contribution in [0.5, 0.6) is 0 Å². The molecule has 0 radical (unpaired) electrons. The van der Waals surface area contributed by atoms with E-state index < -0.39 is 5.97 Å². The summed E-state index contributed by atoms with van der Waals surface area (Å²) >= 11 is 5.70. The van der Waals surface area contributed by atoms with Crippen LogP contribution in [-0.2, 0) is 4.74 Å². The Kier molecular flexibility index (Phi) is 4.25. The summed E-state index contributed by atoms with van der Waals surface area (Å²) in [6.45, 7) is 2.39.